The van der Waals surface area contributed by atoms with Gasteiger partial charge in [0.05, 0.1) is 0 Å². The minimum Gasteiger partial charge on any atom is -0.310 e. The number of hydrogen-bond donors (Lipinski definition) is 1. The maximum Gasteiger partial charge on any atom is 0.0166 e. The summed E-state index contributed by atoms with van der Waals surface area (Å²) in [4.78, 5) is 0. The summed E-state index contributed by atoms with van der Waals surface area (Å²) in [6.45, 7) is 7.16. The molecule has 2 heteroatoms. The largest absolute Gasteiger partial charge is 0.310 e. The Bertz CT molecular complexity index is 196. The molecule has 1 saturated carbocycles. The maximum atomic E-state index is 3.82. The van der Waals surface area contributed by atoms with Gasteiger partial charge in [0.2, 0.25) is 0 Å². The molecule has 14 heavy (non-hydrogen) atoms. The fraction of sp³-hybridized carbons (Fsp3) is 1.00. The van der Waals surface area contributed by atoms with Gasteiger partial charge in [0.15, 0.2) is 0 Å². The van der Waals surface area contributed by atoms with Gasteiger partial charge < -0.3 is 5.32 Å². The van der Waals surface area contributed by atoms with Crippen molar-refractivity contribution in [3.63, 3.8) is 0 Å². The van der Waals surface area contributed by atoms with Gasteiger partial charge in [0.1, 0.15) is 0 Å². The van der Waals surface area contributed by atoms with Crippen molar-refractivity contribution < 1.29 is 0 Å². The fourth-order valence-corrected chi connectivity index (χ4v) is 4.03. The van der Waals surface area contributed by atoms with Crippen LogP contribution in [0.5, 0.6) is 0 Å². The number of nitrogens with one attached hydrogen (secondary N) is 1. The zero-order valence-electron chi connectivity index (χ0n) is 9.68. The summed E-state index contributed by atoms with van der Waals surface area (Å²) in [5.74, 6) is 3.64. The van der Waals surface area contributed by atoms with Crippen LogP contribution in [0.1, 0.15) is 40.0 Å². The van der Waals surface area contributed by atoms with Gasteiger partial charge in [-0.15, -0.1) is 0 Å². The second-order valence-corrected chi connectivity index (χ2v) is 7.05. The molecule has 1 N–H and O–H groups in total. The van der Waals surface area contributed by atoms with Crippen LogP contribution in [-0.4, -0.2) is 23.6 Å². The molecule has 1 atom stereocenters. The molecule has 1 saturated heterocycles. The van der Waals surface area contributed by atoms with E-state index < -0.39 is 0 Å². The van der Waals surface area contributed by atoms with Crippen molar-refractivity contribution in [1.29, 1.82) is 0 Å². The van der Waals surface area contributed by atoms with Gasteiger partial charge in [0, 0.05) is 17.8 Å². The first-order valence-corrected chi connectivity index (χ1v) is 7.04. The molecule has 1 unspecified atom stereocenters. The van der Waals surface area contributed by atoms with E-state index in [4.69, 9.17) is 0 Å². The molecule has 2 aliphatic rings. The molecular formula is C12H23NS. The highest BCUT2D eigenvalue weighted by Crippen LogP contribution is 2.35. The maximum absolute atomic E-state index is 3.82. The van der Waals surface area contributed by atoms with E-state index in [2.05, 4.69) is 37.8 Å². The monoisotopic (exact) mass is 213 g/mol. The van der Waals surface area contributed by atoms with Gasteiger partial charge in [0.25, 0.3) is 0 Å². The lowest BCUT2D eigenvalue weighted by atomic mass is 9.80. The van der Waals surface area contributed by atoms with Crippen LogP contribution in [0.25, 0.3) is 0 Å². The normalized spacial score (nSPS) is 41.8. The molecule has 1 nitrogen and oxygen atoms in total. The predicted molar refractivity (Wildman–Crippen MR) is 64.8 cm³/mol. The summed E-state index contributed by atoms with van der Waals surface area (Å²) in [6.07, 6.45) is 4.17. The summed E-state index contributed by atoms with van der Waals surface area (Å²) >= 11 is 2.12. The molecule has 2 rings (SSSR count). The Labute approximate surface area is 92.4 Å². The molecule has 0 amide bonds. The van der Waals surface area contributed by atoms with E-state index in [1.807, 2.05) is 0 Å². The Kier molecular flexibility index (Phi) is 3.13. The highest BCUT2D eigenvalue weighted by molar-refractivity contribution is 7.99. The average Bonchev–Trinajstić information content (AvgIpc) is 1.99. The zero-order chi connectivity index (χ0) is 10.2. The minimum atomic E-state index is 0.552. The second kappa shape index (κ2) is 4.05. The van der Waals surface area contributed by atoms with E-state index in [1.165, 1.54) is 30.8 Å². The summed E-state index contributed by atoms with van der Waals surface area (Å²) in [7, 11) is 0. The number of hydrogen-bond acceptors (Lipinski definition) is 2. The van der Waals surface area contributed by atoms with Crippen LogP contribution >= 0.6 is 11.8 Å². The van der Waals surface area contributed by atoms with Crippen LogP contribution in [0.15, 0.2) is 0 Å². The van der Waals surface area contributed by atoms with E-state index in [0.717, 1.165) is 18.0 Å². The smallest absolute Gasteiger partial charge is 0.0166 e. The highest BCUT2D eigenvalue weighted by atomic mass is 32.2. The van der Waals surface area contributed by atoms with Crippen molar-refractivity contribution in [3.8, 4) is 0 Å². The van der Waals surface area contributed by atoms with Crippen molar-refractivity contribution in [1.82, 2.24) is 5.32 Å². The molecule has 0 aromatic rings. The topological polar surface area (TPSA) is 12.0 Å². The molecule has 0 radical (unpaired) electrons. The average molecular weight is 213 g/mol. The van der Waals surface area contributed by atoms with E-state index in [0.29, 0.717) is 5.41 Å². The van der Waals surface area contributed by atoms with Crippen molar-refractivity contribution >= 4 is 11.8 Å². The summed E-state index contributed by atoms with van der Waals surface area (Å²) in [5, 5.41) is 3.82. The Morgan fingerprint density at radius 3 is 2.50 bits per heavy atom. The third-order valence-electron chi connectivity index (χ3n) is 3.46. The van der Waals surface area contributed by atoms with Gasteiger partial charge in [-0.3, -0.25) is 0 Å². The van der Waals surface area contributed by atoms with Crippen molar-refractivity contribution in [2.45, 2.75) is 52.1 Å². The number of thioether (sulfide) groups is 1. The van der Waals surface area contributed by atoms with E-state index in [-0.39, 0.29) is 0 Å². The second-order valence-electron chi connectivity index (χ2n) is 6.02. The highest BCUT2D eigenvalue weighted by Gasteiger charge is 2.32. The Morgan fingerprint density at radius 1 is 1.21 bits per heavy atom. The minimum absolute atomic E-state index is 0.552. The molecule has 0 spiro atoms. The first-order chi connectivity index (χ1) is 6.55. The van der Waals surface area contributed by atoms with Crippen LogP contribution in [0.2, 0.25) is 0 Å². The molecule has 1 heterocycles. The van der Waals surface area contributed by atoms with E-state index in [9.17, 15) is 0 Å². The third kappa shape index (κ3) is 2.66. The standard InChI is InChI=1S/C12H23NS/c1-9-4-10(5-9)13-11-6-12(2,3)8-14-7-11/h9-11,13H,4-8H2,1-3H3. The quantitative estimate of drug-likeness (QED) is 0.757. The predicted octanol–water partition coefficient (Wildman–Crippen LogP) is 2.91. The molecular weight excluding hydrogens is 190 g/mol. The Hall–Kier alpha value is 0.310. The summed E-state index contributed by atoms with van der Waals surface area (Å²) in [6, 6.07) is 1.62. The van der Waals surface area contributed by atoms with Gasteiger partial charge in [-0.1, -0.05) is 20.8 Å². The summed E-state index contributed by atoms with van der Waals surface area (Å²) < 4.78 is 0. The SMILES string of the molecule is CC1CC(NC2CSCC(C)(C)C2)C1. The lowest BCUT2D eigenvalue weighted by Crippen LogP contribution is -2.49. The van der Waals surface area contributed by atoms with Crippen LogP contribution in [-0.2, 0) is 0 Å². The molecule has 1 aliphatic carbocycles. The molecule has 0 aromatic heterocycles. The lowest BCUT2D eigenvalue weighted by Gasteiger charge is -2.41. The Balaban J connectivity index is 1.75. The summed E-state index contributed by atoms with van der Waals surface area (Å²) in [5.41, 5.74) is 0.552. The lowest BCUT2D eigenvalue weighted by molar-refractivity contribution is 0.204. The first-order valence-electron chi connectivity index (χ1n) is 5.89. The van der Waals surface area contributed by atoms with E-state index >= 15 is 0 Å². The molecule has 0 aromatic carbocycles. The third-order valence-corrected chi connectivity index (χ3v) is 5.08. The van der Waals surface area contributed by atoms with Crippen molar-refractivity contribution in [2.75, 3.05) is 11.5 Å². The van der Waals surface area contributed by atoms with Crippen LogP contribution < -0.4 is 5.32 Å². The molecule has 82 valence electrons. The number of rotatable bonds is 2. The zero-order valence-corrected chi connectivity index (χ0v) is 10.5. The fourth-order valence-electron chi connectivity index (χ4n) is 2.74. The van der Waals surface area contributed by atoms with Crippen molar-refractivity contribution in [2.24, 2.45) is 11.3 Å². The van der Waals surface area contributed by atoms with Gasteiger partial charge in [-0.2, -0.15) is 11.8 Å². The van der Waals surface area contributed by atoms with Gasteiger partial charge in [-0.25, -0.2) is 0 Å². The molecule has 2 fully saturated rings. The first kappa shape index (κ1) is 10.8. The van der Waals surface area contributed by atoms with Crippen LogP contribution in [0.3, 0.4) is 0 Å². The van der Waals surface area contributed by atoms with Gasteiger partial charge in [-0.05, 0) is 36.3 Å². The van der Waals surface area contributed by atoms with Crippen molar-refractivity contribution in [3.05, 3.63) is 0 Å². The van der Waals surface area contributed by atoms with E-state index in [1.54, 1.807) is 0 Å². The van der Waals surface area contributed by atoms with Gasteiger partial charge >= 0.3 is 0 Å². The molecule has 1 aliphatic heterocycles. The van der Waals surface area contributed by atoms with Crippen LogP contribution in [0.4, 0.5) is 0 Å². The molecule has 0 bridgehead atoms. The Morgan fingerprint density at radius 2 is 1.93 bits per heavy atom. The van der Waals surface area contributed by atoms with Crippen LogP contribution in [0, 0.1) is 11.3 Å².